The Hall–Kier alpha value is -2.82. The van der Waals surface area contributed by atoms with E-state index in [1.165, 1.54) is 15.7 Å². The number of nitrogens with one attached hydrogen (secondary N) is 1. The maximum absolute atomic E-state index is 12.9. The number of fused-ring (bicyclic) bond motifs is 1. The molecule has 3 aromatic rings. The summed E-state index contributed by atoms with van der Waals surface area (Å²) in [4.78, 5) is 29.2. The van der Waals surface area contributed by atoms with Crippen LogP contribution in [0.25, 0.3) is 11.0 Å². The fourth-order valence-electron chi connectivity index (χ4n) is 3.24. The molecule has 5 heteroatoms. The molecule has 3 rings (SSSR count). The summed E-state index contributed by atoms with van der Waals surface area (Å²) >= 11 is 0. The summed E-state index contributed by atoms with van der Waals surface area (Å²) in [5, 5.41) is 0. The molecule has 0 saturated heterocycles. The first-order chi connectivity index (χ1) is 11.8. The van der Waals surface area contributed by atoms with Gasteiger partial charge in [-0.3, -0.25) is 9.36 Å². The van der Waals surface area contributed by atoms with Gasteiger partial charge in [0.05, 0.1) is 17.1 Å². The molecule has 1 aromatic heterocycles. The Morgan fingerprint density at radius 1 is 1.16 bits per heavy atom. The van der Waals surface area contributed by atoms with Gasteiger partial charge in [0.1, 0.15) is 0 Å². The third kappa shape index (κ3) is 2.97. The van der Waals surface area contributed by atoms with Gasteiger partial charge in [0.2, 0.25) is 0 Å². The summed E-state index contributed by atoms with van der Waals surface area (Å²) in [6, 6.07) is 11.5. The molecule has 1 unspecified atom stereocenters. The highest BCUT2D eigenvalue weighted by atomic mass is 16.2. The molecule has 25 heavy (non-hydrogen) atoms. The molecule has 1 N–H and O–H groups in total. The van der Waals surface area contributed by atoms with E-state index in [9.17, 15) is 9.59 Å². The molecule has 0 fully saturated rings. The SMILES string of the molecule is Cc1ccc(C(C)N(C)C(=O)c2ccc3[nH]c(=O)n(C)c3c2)c(C)c1. The zero-order chi connectivity index (χ0) is 18.3. The van der Waals surface area contributed by atoms with Gasteiger partial charge < -0.3 is 9.88 Å². The Labute approximate surface area is 146 Å². The number of carbonyl (C=O) groups is 1. The quantitative estimate of drug-likeness (QED) is 0.797. The van der Waals surface area contributed by atoms with Gasteiger partial charge in [-0.15, -0.1) is 0 Å². The van der Waals surface area contributed by atoms with E-state index < -0.39 is 0 Å². The Balaban J connectivity index is 1.94. The Bertz CT molecular complexity index is 1010. The molecule has 0 spiro atoms. The van der Waals surface area contributed by atoms with E-state index in [4.69, 9.17) is 0 Å². The van der Waals surface area contributed by atoms with Crippen LogP contribution in [0.4, 0.5) is 0 Å². The molecule has 0 radical (unpaired) electrons. The summed E-state index contributed by atoms with van der Waals surface area (Å²) in [5.41, 5.74) is 5.36. The van der Waals surface area contributed by atoms with Gasteiger partial charge in [-0.05, 0) is 50.1 Å². The van der Waals surface area contributed by atoms with Gasteiger partial charge in [0.25, 0.3) is 5.91 Å². The van der Waals surface area contributed by atoms with Crippen LogP contribution in [0.1, 0.15) is 40.0 Å². The highest BCUT2D eigenvalue weighted by Gasteiger charge is 2.21. The number of aromatic nitrogens is 2. The minimum absolute atomic E-state index is 0.0427. The summed E-state index contributed by atoms with van der Waals surface area (Å²) in [5.74, 6) is -0.0666. The molecule has 0 aliphatic rings. The number of aromatic amines is 1. The van der Waals surface area contributed by atoms with Gasteiger partial charge in [-0.2, -0.15) is 0 Å². The van der Waals surface area contributed by atoms with Gasteiger partial charge in [-0.1, -0.05) is 23.8 Å². The normalized spacial score (nSPS) is 12.4. The second-order valence-electron chi connectivity index (χ2n) is 6.67. The number of rotatable bonds is 3. The molecule has 0 aliphatic heterocycles. The zero-order valence-corrected chi connectivity index (χ0v) is 15.3. The lowest BCUT2D eigenvalue weighted by molar-refractivity contribution is 0.0742. The average Bonchev–Trinajstić information content (AvgIpc) is 2.87. The third-order valence-corrected chi connectivity index (χ3v) is 4.93. The van der Waals surface area contributed by atoms with Crippen molar-refractivity contribution in [3.05, 3.63) is 69.1 Å². The summed E-state index contributed by atoms with van der Waals surface area (Å²) in [7, 11) is 3.50. The van der Waals surface area contributed by atoms with Crippen molar-refractivity contribution in [2.75, 3.05) is 7.05 Å². The van der Waals surface area contributed by atoms with Crippen molar-refractivity contribution >= 4 is 16.9 Å². The van der Waals surface area contributed by atoms with E-state index in [-0.39, 0.29) is 17.6 Å². The minimum atomic E-state index is -0.184. The van der Waals surface area contributed by atoms with Gasteiger partial charge >= 0.3 is 5.69 Å². The van der Waals surface area contributed by atoms with Crippen molar-refractivity contribution in [2.24, 2.45) is 7.05 Å². The molecule has 130 valence electrons. The lowest BCUT2D eigenvalue weighted by Crippen LogP contribution is -2.30. The summed E-state index contributed by atoms with van der Waals surface area (Å²) in [6.45, 7) is 6.16. The monoisotopic (exact) mass is 337 g/mol. The van der Waals surface area contributed by atoms with Crippen LogP contribution in [-0.2, 0) is 7.05 Å². The first kappa shape index (κ1) is 17.0. The van der Waals surface area contributed by atoms with E-state index in [0.717, 1.165) is 16.6 Å². The number of nitrogens with zero attached hydrogens (tertiary/aromatic N) is 2. The molecular weight excluding hydrogens is 314 g/mol. The number of hydrogen-bond donors (Lipinski definition) is 1. The maximum Gasteiger partial charge on any atom is 0.326 e. The largest absolute Gasteiger partial charge is 0.335 e. The molecule has 1 atom stereocenters. The molecule has 2 aromatic carbocycles. The summed E-state index contributed by atoms with van der Waals surface area (Å²) < 4.78 is 1.51. The Morgan fingerprint density at radius 3 is 2.56 bits per heavy atom. The van der Waals surface area contributed by atoms with Crippen LogP contribution in [-0.4, -0.2) is 27.4 Å². The van der Waals surface area contributed by atoms with Crippen LogP contribution in [0.3, 0.4) is 0 Å². The lowest BCUT2D eigenvalue weighted by Gasteiger charge is -2.27. The highest BCUT2D eigenvalue weighted by molar-refractivity contribution is 5.97. The Morgan fingerprint density at radius 2 is 1.88 bits per heavy atom. The fraction of sp³-hybridized carbons (Fsp3) is 0.300. The lowest BCUT2D eigenvalue weighted by atomic mass is 9.99. The first-order valence-electron chi connectivity index (χ1n) is 8.32. The van der Waals surface area contributed by atoms with Crippen LogP contribution in [0.2, 0.25) is 0 Å². The summed E-state index contributed by atoms with van der Waals surface area (Å²) in [6.07, 6.45) is 0. The molecular formula is C20H23N3O2. The van der Waals surface area contributed by atoms with Crippen molar-refractivity contribution in [3.8, 4) is 0 Å². The van der Waals surface area contributed by atoms with E-state index in [1.807, 2.05) is 14.0 Å². The molecule has 1 amide bonds. The standard InChI is InChI=1S/C20H23N3O2/c1-12-6-8-16(13(2)10-12)14(3)22(4)19(24)15-7-9-17-18(11-15)23(5)20(25)21-17/h6-11,14H,1-5H3,(H,21,25). The molecule has 0 bridgehead atoms. The molecule has 5 nitrogen and oxygen atoms in total. The van der Waals surface area contributed by atoms with E-state index in [2.05, 4.69) is 37.0 Å². The number of amides is 1. The molecule has 0 saturated carbocycles. The molecule has 1 heterocycles. The van der Waals surface area contributed by atoms with Crippen LogP contribution in [0.5, 0.6) is 0 Å². The number of imidazole rings is 1. The second kappa shape index (κ2) is 6.24. The van der Waals surface area contributed by atoms with Crippen molar-refractivity contribution in [2.45, 2.75) is 26.8 Å². The average molecular weight is 337 g/mol. The first-order valence-corrected chi connectivity index (χ1v) is 8.32. The minimum Gasteiger partial charge on any atom is -0.335 e. The Kier molecular flexibility index (Phi) is 4.25. The van der Waals surface area contributed by atoms with Crippen LogP contribution >= 0.6 is 0 Å². The van der Waals surface area contributed by atoms with E-state index in [1.54, 1.807) is 30.1 Å². The van der Waals surface area contributed by atoms with Crippen molar-refractivity contribution in [1.29, 1.82) is 0 Å². The predicted octanol–water partition coefficient (Wildman–Crippen LogP) is 3.32. The van der Waals surface area contributed by atoms with Gasteiger partial charge in [0.15, 0.2) is 0 Å². The molecule has 0 aliphatic carbocycles. The fourth-order valence-corrected chi connectivity index (χ4v) is 3.24. The smallest absolute Gasteiger partial charge is 0.326 e. The van der Waals surface area contributed by atoms with E-state index in [0.29, 0.717) is 5.56 Å². The number of H-pyrrole nitrogens is 1. The number of aryl methyl sites for hydroxylation is 3. The van der Waals surface area contributed by atoms with Crippen LogP contribution in [0.15, 0.2) is 41.2 Å². The van der Waals surface area contributed by atoms with Gasteiger partial charge in [0, 0.05) is 19.7 Å². The third-order valence-electron chi connectivity index (χ3n) is 4.93. The number of benzene rings is 2. The topological polar surface area (TPSA) is 58.1 Å². The van der Waals surface area contributed by atoms with Crippen molar-refractivity contribution in [1.82, 2.24) is 14.5 Å². The van der Waals surface area contributed by atoms with Crippen molar-refractivity contribution < 1.29 is 4.79 Å². The van der Waals surface area contributed by atoms with Crippen LogP contribution < -0.4 is 5.69 Å². The second-order valence-corrected chi connectivity index (χ2v) is 6.67. The number of hydrogen-bond acceptors (Lipinski definition) is 2. The maximum atomic E-state index is 12.9. The van der Waals surface area contributed by atoms with Gasteiger partial charge in [-0.25, -0.2) is 4.79 Å². The number of carbonyl (C=O) groups excluding carboxylic acids is 1. The van der Waals surface area contributed by atoms with E-state index >= 15 is 0 Å². The predicted molar refractivity (Wildman–Crippen MR) is 100.0 cm³/mol. The van der Waals surface area contributed by atoms with Crippen LogP contribution in [0, 0.1) is 13.8 Å². The van der Waals surface area contributed by atoms with Crippen molar-refractivity contribution in [3.63, 3.8) is 0 Å². The zero-order valence-electron chi connectivity index (χ0n) is 15.3. The highest BCUT2D eigenvalue weighted by Crippen LogP contribution is 2.25.